The van der Waals surface area contributed by atoms with Crippen LogP contribution in [0.3, 0.4) is 0 Å². The fourth-order valence-electron chi connectivity index (χ4n) is 0.942. The molecule has 0 N–H and O–H groups in total. The average Bonchev–Trinajstić information content (AvgIpc) is 2.25. The SMILES string of the molecule is CCOCCOc1cnccc1C#N. The highest BCUT2D eigenvalue weighted by Crippen LogP contribution is 2.14. The van der Waals surface area contributed by atoms with Gasteiger partial charge in [-0.05, 0) is 13.0 Å². The van der Waals surface area contributed by atoms with Crippen molar-refractivity contribution < 1.29 is 9.47 Å². The molecule has 0 amide bonds. The summed E-state index contributed by atoms with van der Waals surface area (Å²) in [6, 6.07) is 3.65. The number of rotatable bonds is 5. The van der Waals surface area contributed by atoms with E-state index in [1.807, 2.05) is 13.0 Å². The van der Waals surface area contributed by atoms with Gasteiger partial charge < -0.3 is 9.47 Å². The second-order valence-corrected chi connectivity index (χ2v) is 2.53. The summed E-state index contributed by atoms with van der Waals surface area (Å²) >= 11 is 0. The minimum absolute atomic E-state index is 0.439. The molecular weight excluding hydrogens is 180 g/mol. The van der Waals surface area contributed by atoms with Crippen LogP contribution in [0.25, 0.3) is 0 Å². The van der Waals surface area contributed by atoms with E-state index in [0.717, 1.165) is 0 Å². The van der Waals surface area contributed by atoms with Gasteiger partial charge in [-0.15, -0.1) is 0 Å². The highest BCUT2D eigenvalue weighted by atomic mass is 16.5. The van der Waals surface area contributed by atoms with Gasteiger partial charge in [-0.25, -0.2) is 0 Å². The summed E-state index contributed by atoms with van der Waals surface area (Å²) in [5, 5.41) is 8.73. The number of hydrogen-bond donors (Lipinski definition) is 0. The van der Waals surface area contributed by atoms with Crippen LogP contribution >= 0.6 is 0 Å². The van der Waals surface area contributed by atoms with E-state index in [2.05, 4.69) is 4.98 Å². The fraction of sp³-hybridized carbons (Fsp3) is 0.400. The second-order valence-electron chi connectivity index (χ2n) is 2.53. The Morgan fingerprint density at radius 3 is 3.07 bits per heavy atom. The number of ether oxygens (including phenoxy) is 2. The van der Waals surface area contributed by atoms with Gasteiger partial charge in [0.2, 0.25) is 0 Å². The lowest BCUT2D eigenvalue weighted by molar-refractivity contribution is 0.110. The summed E-state index contributed by atoms with van der Waals surface area (Å²) in [5.41, 5.74) is 0.497. The van der Waals surface area contributed by atoms with E-state index >= 15 is 0 Å². The zero-order chi connectivity index (χ0) is 10.2. The molecule has 4 nitrogen and oxygen atoms in total. The molecule has 0 radical (unpaired) electrons. The Labute approximate surface area is 83.1 Å². The minimum Gasteiger partial charge on any atom is -0.488 e. The monoisotopic (exact) mass is 192 g/mol. The van der Waals surface area contributed by atoms with Crippen LogP contribution in [-0.4, -0.2) is 24.8 Å². The first-order chi connectivity index (χ1) is 6.88. The van der Waals surface area contributed by atoms with Crippen LogP contribution in [0.2, 0.25) is 0 Å². The summed E-state index contributed by atoms with van der Waals surface area (Å²) in [6.45, 7) is 3.55. The third kappa shape index (κ3) is 3.04. The van der Waals surface area contributed by atoms with E-state index in [4.69, 9.17) is 14.7 Å². The highest BCUT2D eigenvalue weighted by Gasteiger charge is 2.01. The predicted octanol–water partition coefficient (Wildman–Crippen LogP) is 1.37. The van der Waals surface area contributed by atoms with E-state index in [-0.39, 0.29) is 0 Å². The second kappa shape index (κ2) is 5.95. The Kier molecular flexibility index (Phi) is 4.45. The van der Waals surface area contributed by atoms with Crippen molar-refractivity contribution in [2.75, 3.05) is 19.8 Å². The Balaban J connectivity index is 2.46. The molecule has 1 aromatic rings. The quantitative estimate of drug-likeness (QED) is 0.661. The summed E-state index contributed by atoms with van der Waals surface area (Å²) < 4.78 is 10.4. The van der Waals surface area contributed by atoms with Crippen molar-refractivity contribution in [1.29, 1.82) is 5.26 Å². The molecule has 14 heavy (non-hydrogen) atoms. The van der Waals surface area contributed by atoms with Gasteiger partial charge in [0.05, 0.1) is 18.4 Å². The smallest absolute Gasteiger partial charge is 0.155 e. The van der Waals surface area contributed by atoms with E-state index in [1.165, 1.54) is 6.20 Å². The van der Waals surface area contributed by atoms with Gasteiger partial charge in [-0.3, -0.25) is 4.98 Å². The zero-order valence-corrected chi connectivity index (χ0v) is 8.06. The van der Waals surface area contributed by atoms with Gasteiger partial charge in [0.15, 0.2) is 5.75 Å². The first-order valence-electron chi connectivity index (χ1n) is 4.43. The van der Waals surface area contributed by atoms with Crippen molar-refractivity contribution in [3.63, 3.8) is 0 Å². The molecule has 0 bridgehead atoms. The number of nitrogens with zero attached hydrogens (tertiary/aromatic N) is 2. The summed E-state index contributed by atoms with van der Waals surface area (Å²) in [4.78, 5) is 3.88. The van der Waals surface area contributed by atoms with Crippen molar-refractivity contribution in [3.8, 4) is 11.8 Å². The Morgan fingerprint density at radius 1 is 1.50 bits per heavy atom. The number of nitriles is 1. The maximum absolute atomic E-state index is 8.73. The maximum atomic E-state index is 8.73. The fourth-order valence-corrected chi connectivity index (χ4v) is 0.942. The molecule has 0 aliphatic heterocycles. The van der Waals surface area contributed by atoms with Gasteiger partial charge in [-0.1, -0.05) is 0 Å². The molecule has 0 fully saturated rings. The van der Waals surface area contributed by atoms with Crippen LogP contribution in [0.1, 0.15) is 12.5 Å². The van der Waals surface area contributed by atoms with E-state index < -0.39 is 0 Å². The van der Waals surface area contributed by atoms with Crippen molar-refractivity contribution in [2.45, 2.75) is 6.92 Å². The Morgan fingerprint density at radius 2 is 2.36 bits per heavy atom. The van der Waals surface area contributed by atoms with Crippen molar-refractivity contribution >= 4 is 0 Å². The normalized spacial score (nSPS) is 9.43. The van der Waals surface area contributed by atoms with E-state index in [1.54, 1.807) is 12.3 Å². The molecule has 0 aliphatic carbocycles. The van der Waals surface area contributed by atoms with E-state index in [9.17, 15) is 0 Å². The van der Waals surface area contributed by atoms with Crippen LogP contribution < -0.4 is 4.74 Å². The molecule has 1 rings (SSSR count). The topological polar surface area (TPSA) is 55.1 Å². The van der Waals surface area contributed by atoms with Crippen LogP contribution in [0.5, 0.6) is 5.75 Å². The lowest BCUT2D eigenvalue weighted by atomic mass is 10.3. The molecule has 0 atom stereocenters. The van der Waals surface area contributed by atoms with Gasteiger partial charge >= 0.3 is 0 Å². The standard InChI is InChI=1S/C10H12N2O2/c1-2-13-5-6-14-10-8-12-4-3-9(10)7-11/h3-4,8H,2,5-6H2,1H3. The lowest BCUT2D eigenvalue weighted by Gasteiger charge is -2.06. The largest absolute Gasteiger partial charge is 0.488 e. The first kappa shape index (κ1) is 10.5. The molecule has 1 aromatic heterocycles. The molecule has 74 valence electrons. The van der Waals surface area contributed by atoms with Crippen LogP contribution in [-0.2, 0) is 4.74 Å². The predicted molar refractivity (Wildman–Crippen MR) is 50.9 cm³/mol. The van der Waals surface area contributed by atoms with Crippen LogP contribution in [0, 0.1) is 11.3 Å². The van der Waals surface area contributed by atoms with E-state index in [0.29, 0.717) is 31.1 Å². The summed E-state index contributed by atoms with van der Waals surface area (Å²) in [6.07, 6.45) is 3.10. The zero-order valence-electron chi connectivity index (χ0n) is 8.06. The molecule has 0 saturated carbocycles. The average molecular weight is 192 g/mol. The lowest BCUT2D eigenvalue weighted by Crippen LogP contribution is -2.07. The first-order valence-corrected chi connectivity index (χ1v) is 4.43. The third-order valence-corrected chi connectivity index (χ3v) is 1.59. The molecule has 0 aromatic carbocycles. The molecule has 0 aliphatic rings. The molecule has 0 saturated heterocycles. The number of hydrogen-bond acceptors (Lipinski definition) is 4. The number of aromatic nitrogens is 1. The molecule has 1 heterocycles. The van der Waals surface area contributed by atoms with Gasteiger partial charge in [-0.2, -0.15) is 5.26 Å². The summed E-state index contributed by atoms with van der Waals surface area (Å²) in [5.74, 6) is 0.509. The summed E-state index contributed by atoms with van der Waals surface area (Å²) in [7, 11) is 0. The number of pyridine rings is 1. The third-order valence-electron chi connectivity index (χ3n) is 1.59. The van der Waals surface area contributed by atoms with Gasteiger partial charge in [0.25, 0.3) is 0 Å². The molecule has 4 heteroatoms. The molecular formula is C10H12N2O2. The van der Waals surface area contributed by atoms with Gasteiger partial charge in [0, 0.05) is 12.8 Å². The molecule has 0 unspecified atom stereocenters. The Bertz CT molecular complexity index is 320. The van der Waals surface area contributed by atoms with Crippen molar-refractivity contribution in [2.24, 2.45) is 0 Å². The van der Waals surface area contributed by atoms with Crippen molar-refractivity contribution in [3.05, 3.63) is 24.0 Å². The highest BCUT2D eigenvalue weighted by molar-refractivity contribution is 5.40. The van der Waals surface area contributed by atoms with Crippen molar-refractivity contribution in [1.82, 2.24) is 4.98 Å². The Hall–Kier alpha value is -1.60. The minimum atomic E-state index is 0.439. The molecule has 0 spiro atoms. The van der Waals surface area contributed by atoms with Crippen LogP contribution in [0.15, 0.2) is 18.5 Å². The maximum Gasteiger partial charge on any atom is 0.155 e. The van der Waals surface area contributed by atoms with Crippen LogP contribution in [0.4, 0.5) is 0 Å². The van der Waals surface area contributed by atoms with Gasteiger partial charge in [0.1, 0.15) is 12.7 Å².